The molecule has 1 aliphatic carbocycles. The Kier molecular flexibility index (Phi) is 1.39. The van der Waals surface area contributed by atoms with Crippen LogP contribution in [0.25, 0.3) is 0 Å². The Balaban J connectivity index is 2.88. The minimum absolute atomic E-state index is 1.07. The summed E-state index contributed by atoms with van der Waals surface area (Å²) >= 11 is 0. The van der Waals surface area contributed by atoms with Gasteiger partial charge >= 0.3 is 0 Å². The Morgan fingerprint density at radius 3 is 2.44 bits per heavy atom. The van der Waals surface area contributed by atoms with Gasteiger partial charge in [-0.15, -0.1) is 0 Å². The molecule has 0 nitrogen and oxygen atoms in total. The molecule has 0 N–H and O–H groups in total. The molecule has 1 rings (SSSR count). The fourth-order valence-corrected chi connectivity index (χ4v) is 0.874. The monoisotopic (exact) mass is 118 g/mol. The van der Waals surface area contributed by atoms with E-state index in [1.165, 1.54) is 5.57 Å². The Hall–Kier alpha value is -1.04. The van der Waals surface area contributed by atoms with Crippen molar-refractivity contribution in [1.82, 2.24) is 0 Å². The maximum absolute atomic E-state index is 3.84. The normalized spacial score (nSPS) is 16.1. The molecule has 0 saturated heterocycles. The highest BCUT2D eigenvalue weighted by Gasteiger charge is 2.02. The molecule has 0 heteroatoms. The third-order valence-electron chi connectivity index (χ3n) is 1.37. The summed E-state index contributed by atoms with van der Waals surface area (Å²) in [6.07, 6.45) is 6.01. The number of allylic oxidation sites excluding steroid dienone is 6. The van der Waals surface area contributed by atoms with Crippen LogP contribution in [0, 0.1) is 0 Å². The zero-order valence-electron chi connectivity index (χ0n) is 5.65. The molecule has 1 aliphatic rings. The molecule has 0 radical (unpaired) electrons. The van der Waals surface area contributed by atoms with Gasteiger partial charge in [0.25, 0.3) is 0 Å². The van der Waals surface area contributed by atoms with Gasteiger partial charge in [0.2, 0.25) is 0 Å². The van der Waals surface area contributed by atoms with Crippen molar-refractivity contribution in [3.05, 3.63) is 48.1 Å². The van der Waals surface area contributed by atoms with Crippen molar-refractivity contribution < 1.29 is 0 Å². The number of hydrogen-bond acceptors (Lipinski definition) is 0. The fourth-order valence-electron chi connectivity index (χ4n) is 0.874. The minimum atomic E-state index is 1.07. The van der Waals surface area contributed by atoms with Crippen molar-refractivity contribution in [1.29, 1.82) is 0 Å². The summed E-state index contributed by atoms with van der Waals surface area (Å²) < 4.78 is 0. The molecular formula is C9H10. The Bertz CT molecular complexity index is 214. The van der Waals surface area contributed by atoms with Crippen LogP contribution >= 0.6 is 0 Å². The average molecular weight is 118 g/mol. The van der Waals surface area contributed by atoms with Crippen molar-refractivity contribution in [2.75, 3.05) is 0 Å². The molecule has 0 bridgehead atoms. The summed E-state index contributed by atoms with van der Waals surface area (Å²) in [5.41, 5.74) is 3.34. The lowest BCUT2D eigenvalue weighted by molar-refractivity contribution is 1.43. The van der Waals surface area contributed by atoms with E-state index < -0.39 is 0 Å². The van der Waals surface area contributed by atoms with E-state index in [1.54, 1.807) is 0 Å². The average Bonchev–Trinajstić information content (AvgIpc) is 2.13. The third kappa shape index (κ3) is 1.02. The van der Waals surface area contributed by atoms with E-state index in [9.17, 15) is 0 Å². The topological polar surface area (TPSA) is 0 Å². The summed E-state index contributed by atoms with van der Waals surface area (Å²) in [6, 6.07) is 0. The van der Waals surface area contributed by atoms with Gasteiger partial charge in [0.05, 0.1) is 0 Å². The molecule has 9 heavy (non-hydrogen) atoms. The van der Waals surface area contributed by atoms with E-state index in [0.717, 1.165) is 11.1 Å². The molecule has 0 heterocycles. The van der Waals surface area contributed by atoms with Crippen molar-refractivity contribution in [2.45, 2.75) is 6.92 Å². The molecule has 0 saturated carbocycles. The molecule has 0 unspecified atom stereocenters. The van der Waals surface area contributed by atoms with Crippen molar-refractivity contribution in [3.63, 3.8) is 0 Å². The molecule has 46 valence electrons. The van der Waals surface area contributed by atoms with E-state index in [2.05, 4.69) is 13.2 Å². The van der Waals surface area contributed by atoms with Gasteiger partial charge in [-0.05, 0) is 18.1 Å². The van der Waals surface area contributed by atoms with Crippen LogP contribution in [0.3, 0.4) is 0 Å². The van der Waals surface area contributed by atoms with E-state index in [1.807, 2.05) is 25.2 Å². The zero-order chi connectivity index (χ0) is 6.85. The molecule has 0 aliphatic heterocycles. The second-order valence-corrected chi connectivity index (χ2v) is 2.25. The van der Waals surface area contributed by atoms with Crippen LogP contribution in [-0.2, 0) is 0 Å². The molecule has 0 aromatic carbocycles. The highest BCUT2D eigenvalue weighted by molar-refractivity contribution is 5.55. The predicted molar refractivity (Wildman–Crippen MR) is 41.2 cm³/mol. The quantitative estimate of drug-likeness (QED) is 0.496. The van der Waals surface area contributed by atoms with Gasteiger partial charge in [-0.25, -0.2) is 0 Å². The molecule has 0 spiro atoms. The smallest absolute Gasteiger partial charge is 0.0167 e. The first-order valence-corrected chi connectivity index (χ1v) is 2.95. The van der Waals surface area contributed by atoms with E-state index in [4.69, 9.17) is 0 Å². The number of rotatable bonds is 1. The van der Waals surface area contributed by atoms with Gasteiger partial charge in [0, 0.05) is 0 Å². The van der Waals surface area contributed by atoms with Gasteiger partial charge in [-0.1, -0.05) is 37.0 Å². The lowest BCUT2D eigenvalue weighted by Gasteiger charge is -1.99. The highest BCUT2D eigenvalue weighted by Crippen LogP contribution is 2.21. The SMILES string of the molecule is C=C(C)C1=CC=CC1=C. The first kappa shape index (κ1) is 6.09. The van der Waals surface area contributed by atoms with Crippen molar-refractivity contribution in [3.8, 4) is 0 Å². The van der Waals surface area contributed by atoms with Crippen molar-refractivity contribution >= 4 is 0 Å². The highest BCUT2D eigenvalue weighted by atomic mass is 14.1. The van der Waals surface area contributed by atoms with Gasteiger partial charge < -0.3 is 0 Å². The van der Waals surface area contributed by atoms with Crippen LogP contribution in [0.1, 0.15) is 6.92 Å². The molecular weight excluding hydrogens is 108 g/mol. The lowest BCUT2D eigenvalue weighted by Crippen LogP contribution is -1.80. The van der Waals surface area contributed by atoms with Crippen molar-refractivity contribution in [2.24, 2.45) is 0 Å². The Morgan fingerprint density at radius 1 is 1.56 bits per heavy atom. The standard InChI is InChI=1S/C9H10/c1-7(2)9-6-4-5-8(9)3/h4-6H,1,3H2,2H3. The maximum Gasteiger partial charge on any atom is -0.0167 e. The van der Waals surface area contributed by atoms with E-state index >= 15 is 0 Å². The predicted octanol–water partition coefficient (Wildman–Crippen LogP) is 2.61. The van der Waals surface area contributed by atoms with Gasteiger partial charge in [0.1, 0.15) is 0 Å². The summed E-state index contributed by atoms with van der Waals surface area (Å²) in [5.74, 6) is 0. The second kappa shape index (κ2) is 2.06. The third-order valence-corrected chi connectivity index (χ3v) is 1.37. The van der Waals surface area contributed by atoms with Crippen LogP contribution in [0.4, 0.5) is 0 Å². The molecule has 0 aromatic rings. The van der Waals surface area contributed by atoms with Gasteiger partial charge in [0.15, 0.2) is 0 Å². The summed E-state index contributed by atoms with van der Waals surface area (Å²) in [4.78, 5) is 0. The molecule has 0 amide bonds. The first-order valence-electron chi connectivity index (χ1n) is 2.95. The summed E-state index contributed by atoms with van der Waals surface area (Å²) in [6.45, 7) is 9.65. The zero-order valence-corrected chi connectivity index (χ0v) is 5.65. The molecule has 0 fully saturated rings. The number of hydrogen-bond donors (Lipinski definition) is 0. The Labute approximate surface area is 55.9 Å². The lowest BCUT2D eigenvalue weighted by atomic mass is 10.1. The van der Waals surface area contributed by atoms with Crippen LogP contribution in [0.5, 0.6) is 0 Å². The van der Waals surface area contributed by atoms with Crippen LogP contribution in [-0.4, -0.2) is 0 Å². The summed E-state index contributed by atoms with van der Waals surface area (Å²) in [5, 5.41) is 0. The summed E-state index contributed by atoms with van der Waals surface area (Å²) in [7, 11) is 0. The van der Waals surface area contributed by atoms with Crippen LogP contribution in [0.15, 0.2) is 48.1 Å². The van der Waals surface area contributed by atoms with Crippen LogP contribution < -0.4 is 0 Å². The van der Waals surface area contributed by atoms with E-state index in [-0.39, 0.29) is 0 Å². The fraction of sp³-hybridized carbons (Fsp3) is 0.111. The first-order chi connectivity index (χ1) is 4.22. The second-order valence-electron chi connectivity index (χ2n) is 2.25. The Morgan fingerprint density at radius 2 is 2.22 bits per heavy atom. The minimum Gasteiger partial charge on any atom is -0.0955 e. The van der Waals surface area contributed by atoms with E-state index in [0.29, 0.717) is 0 Å². The molecule has 0 atom stereocenters. The van der Waals surface area contributed by atoms with Crippen LogP contribution in [0.2, 0.25) is 0 Å². The molecule has 0 aromatic heterocycles. The van der Waals surface area contributed by atoms with Gasteiger partial charge in [-0.3, -0.25) is 0 Å². The largest absolute Gasteiger partial charge is 0.0955 e. The maximum atomic E-state index is 3.84. The van der Waals surface area contributed by atoms with Gasteiger partial charge in [-0.2, -0.15) is 0 Å².